The van der Waals surface area contributed by atoms with Crippen molar-refractivity contribution < 1.29 is 18.5 Å². The molecule has 0 unspecified atom stereocenters. The molecule has 56 valence electrons. The third kappa shape index (κ3) is 427. The van der Waals surface area contributed by atoms with Crippen molar-refractivity contribution in [3.63, 3.8) is 0 Å². The number of hydrogen-bond donors (Lipinski definition) is 3. The molecule has 0 spiro atoms. The van der Waals surface area contributed by atoms with E-state index in [1.165, 1.54) is 0 Å². The molecule has 0 bridgehead atoms. The molecule has 0 aromatic carbocycles. The highest BCUT2D eigenvalue weighted by Gasteiger charge is 2.04. The van der Waals surface area contributed by atoms with E-state index in [0.29, 0.717) is 6.54 Å². The SMILES string of the molecule is C=CCN.O=P(O)(O)F. The van der Waals surface area contributed by atoms with Crippen LogP contribution in [0.2, 0.25) is 0 Å². The van der Waals surface area contributed by atoms with Gasteiger partial charge in [-0.05, 0) is 0 Å². The molecule has 0 aliphatic heterocycles. The first kappa shape index (κ1) is 11.6. The topological polar surface area (TPSA) is 83.6 Å². The van der Waals surface area contributed by atoms with Crippen LogP contribution in [0, 0.1) is 0 Å². The molecule has 0 radical (unpaired) electrons. The van der Waals surface area contributed by atoms with Crippen LogP contribution in [0.1, 0.15) is 0 Å². The predicted molar refractivity (Wildman–Crippen MR) is 32.4 cm³/mol. The minimum absolute atomic E-state index is 0.583. The Hall–Kier alpha value is -0.220. The third-order valence-corrected chi connectivity index (χ3v) is 0.167. The van der Waals surface area contributed by atoms with Gasteiger partial charge in [0.15, 0.2) is 0 Å². The summed E-state index contributed by atoms with van der Waals surface area (Å²) in [5.74, 6) is 0. The first-order chi connectivity index (χ1) is 3.91. The van der Waals surface area contributed by atoms with Gasteiger partial charge < -0.3 is 5.73 Å². The van der Waals surface area contributed by atoms with E-state index in [2.05, 4.69) is 6.58 Å². The highest BCUT2D eigenvalue weighted by Crippen LogP contribution is 2.34. The second-order valence-electron chi connectivity index (χ2n) is 0.997. The maximum Gasteiger partial charge on any atom is 0.507 e. The fourth-order valence-electron chi connectivity index (χ4n) is 0. The van der Waals surface area contributed by atoms with E-state index in [1.807, 2.05) is 0 Å². The summed E-state index contributed by atoms with van der Waals surface area (Å²) in [6.45, 7) is 3.94. The number of halogens is 1. The van der Waals surface area contributed by atoms with Gasteiger partial charge in [0.1, 0.15) is 0 Å². The molecule has 0 heterocycles. The Kier molecular flexibility index (Phi) is 7.59. The van der Waals surface area contributed by atoms with Crippen LogP contribution in [0.5, 0.6) is 0 Å². The minimum atomic E-state index is -5.14. The lowest BCUT2D eigenvalue weighted by Crippen LogP contribution is -1.90. The van der Waals surface area contributed by atoms with Crippen molar-refractivity contribution in [2.24, 2.45) is 5.73 Å². The quantitative estimate of drug-likeness (QED) is 0.374. The first-order valence-electron chi connectivity index (χ1n) is 1.98. The van der Waals surface area contributed by atoms with Gasteiger partial charge in [-0.15, -0.1) is 10.8 Å². The van der Waals surface area contributed by atoms with Crippen molar-refractivity contribution in [3.8, 4) is 0 Å². The number of hydrogen-bond acceptors (Lipinski definition) is 2. The normalized spacial score (nSPS) is 9.33. The van der Waals surface area contributed by atoms with Crippen molar-refractivity contribution in [1.82, 2.24) is 0 Å². The Balaban J connectivity index is 0. The largest absolute Gasteiger partial charge is 0.507 e. The summed E-state index contributed by atoms with van der Waals surface area (Å²) in [5.41, 5.74) is 4.91. The van der Waals surface area contributed by atoms with Crippen LogP contribution in [0.4, 0.5) is 4.20 Å². The van der Waals surface area contributed by atoms with Gasteiger partial charge in [-0.3, -0.25) is 9.79 Å². The minimum Gasteiger partial charge on any atom is -0.327 e. The molecule has 0 atom stereocenters. The smallest absolute Gasteiger partial charge is 0.327 e. The van der Waals surface area contributed by atoms with Crippen LogP contribution in [0.15, 0.2) is 12.7 Å². The summed E-state index contributed by atoms with van der Waals surface area (Å²) in [4.78, 5) is 13.9. The van der Waals surface area contributed by atoms with Gasteiger partial charge >= 0.3 is 7.91 Å². The standard InChI is InChI=1S/C3H7N.FH2O3P/c1-2-3-4;1-5(2,3)4/h2H,1,3-4H2;(H2,2,3,4). The van der Waals surface area contributed by atoms with Crippen LogP contribution in [-0.2, 0) is 4.57 Å². The molecule has 0 aliphatic carbocycles. The molecule has 0 aromatic heterocycles. The summed E-state index contributed by atoms with van der Waals surface area (Å²) in [5, 5.41) is 0. The van der Waals surface area contributed by atoms with Crippen LogP contribution in [0.3, 0.4) is 0 Å². The molecule has 0 saturated heterocycles. The molecule has 9 heavy (non-hydrogen) atoms. The molecule has 0 saturated carbocycles. The van der Waals surface area contributed by atoms with Gasteiger partial charge in [0.2, 0.25) is 0 Å². The molecular formula is C3H9FNO3P. The Morgan fingerprint density at radius 2 is 1.89 bits per heavy atom. The molecular weight excluding hydrogens is 148 g/mol. The van der Waals surface area contributed by atoms with Crippen molar-refractivity contribution >= 4 is 7.91 Å². The average Bonchev–Trinajstić information content (AvgIpc) is 1.61. The monoisotopic (exact) mass is 157 g/mol. The van der Waals surface area contributed by atoms with Crippen molar-refractivity contribution in [2.75, 3.05) is 6.54 Å². The Bertz CT molecular complexity index is 103. The Labute approximate surface area is 52.5 Å². The summed E-state index contributed by atoms with van der Waals surface area (Å²) in [7, 11) is -5.14. The zero-order valence-corrected chi connectivity index (χ0v) is 5.59. The zero-order valence-electron chi connectivity index (χ0n) is 4.70. The average molecular weight is 157 g/mol. The van der Waals surface area contributed by atoms with Crippen molar-refractivity contribution in [2.45, 2.75) is 0 Å². The van der Waals surface area contributed by atoms with Crippen LogP contribution in [-0.4, -0.2) is 16.3 Å². The van der Waals surface area contributed by atoms with E-state index in [4.69, 9.17) is 20.1 Å². The summed E-state index contributed by atoms with van der Waals surface area (Å²) < 4.78 is 19.0. The molecule has 6 heteroatoms. The number of nitrogens with two attached hydrogens (primary N) is 1. The number of rotatable bonds is 1. The molecule has 0 aromatic rings. The van der Waals surface area contributed by atoms with Gasteiger partial charge in [0.25, 0.3) is 0 Å². The lowest BCUT2D eigenvalue weighted by Gasteiger charge is -1.77. The maximum absolute atomic E-state index is 10.4. The van der Waals surface area contributed by atoms with Gasteiger partial charge in [-0.2, -0.15) is 0 Å². The first-order valence-corrected chi connectivity index (χ1v) is 3.48. The van der Waals surface area contributed by atoms with Gasteiger partial charge in [-0.25, -0.2) is 4.57 Å². The van der Waals surface area contributed by atoms with E-state index >= 15 is 0 Å². The van der Waals surface area contributed by atoms with E-state index in [0.717, 1.165) is 0 Å². The fourth-order valence-corrected chi connectivity index (χ4v) is 0. The molecule has 0 rings (SSSR count). The second kappa shape index (κ2) is 5.91. The maximum atomic E-state index is 10.4. The highest BCUT2D eigenvalue weighted by molar-refractivity contribution is 7.45. The Morgan fingerprint density at radius 1 is 1.78 bits per heavy atom. The lowest BCUT2D eigenvalue weighted by molar-refractivity contribution is 0.322. The van der Waals surface area contributed by atoms with Gasteiger partial charge in [0.05, 0.1) is 0 Å². The highest BCUT2D eigenvalue weighted by atomic mass is 31.2. The van der Waals surface area contributed by atoms with Crippen LogP contribution < -0.4 is 5.73 Å². The van der Waals surface area contributed by atoms with E-state index in [-0.39, 0.29) is 0 Å². The summed E-state index contributed by atoms with van der Waals surface area (Å²) in [6.07, 6.45) is 1.65. The second-order valence-corrected chi connectivity index (χ2v) is 1.94. The molecule has 0 fully saturated rings. The van der Waals surface area contributed by atoms with E-state index < -0.39 is 7.91 Å². The molecule has 4 nitrogen and oxygen atoms in total. The van der Waals surface area contributed by atoms with Crippen molar-refractivity contribution in [3.05, 3.63) is 12.7 Å². The molecule has 4 N–H and O–H groups in total. The van der Waals surface area contributed by atoms with Gasteiger partial charge in [0, 0.05) is 6.54 Å². The lowest BCUT2D eigenvalue weighted by atomic mass is 10.7. The van der Waals surface area contributed by atoms with E-state index in [1.54, 1.807) is 6.08 Å². The predicted octanol–water partition coefficient (Wildman–Crippen LogP) is 0.180. The van der Waals surface area contributed by atoms with Crippen molar-refractivity contribution in [1.29, 1.82) is 0 Å². The third-order valence-electron chi connectivity index (χ3n) is 0.167. The Morgan fingerprint density at radius 3 is 1.89 bits per heavy atom. The summed E-state index contributed by atoms with van der Waals surface area (Å²) >= 11 is 0. The van der Waals surface area contributed by atoms with E-state index in [9.17, 15) is 4.20 Å². The van der Waals surface area contributed by atoms with Crippen LogP contribution in [0.25, 0.3) is 0 Å². The fraction of sp³-hybridized carbons (Fsp3) is 0.333. The van der Waals surface area contributed by atoms with Gasteiger partial charge in [-0.1, -0.05) is 6.08 Å². The molecule has 0 aliphatic rings. The zero-order chi connectivity index (χ0) is 7.91. The molecule has 0 amide bonds. The summed E-state index contributed by atoms with van der Waals surface area (Å²) in [6, 6.07) is 0. The van der Waals surface area contributed by atoms with Crippen LogP contribution >= 0.6 is 7.91 Å².